The highest BCUT2D eigenvalue weighted by Crippen LogP contribution is 2.26. The van der Waals surface area contributed by atoms with E-state index in [2.05, 4.69) is 25.8 Å². The molecule has 0 fully saturated rings. The van der Waals surface area contributed by atoms with Crippen LogP contribution in [0.15, 0.2) is 58.2 Å². The molecule has 2 aromatic carbocycles. The Hall–Kier alpha value is -2.34. The minimum Gasteiger partial charge on any atom is -0.443 e. The zero-order valence-corrected chi connectivity index (χ0v) is 13.9. The average molecular weight is 331 g/mol. The molecule has 0 aliphatic rings. The fourth-order valence-corrected chi connectivity index (χ4v) is 3.11. The lowest BCUT2D eigenvalue weighted by atomic mass is 9.87. The van der Waals surface area contributed by atoms with E-state index in [4.69, 9.17) is 8.60 Å². The van der Waals surface area contributed by atoms with Crippen LogP contribution in [0.3, 0.4) is 0 Å². The van der Waals surface area contributed by atoms with Crippen molar-refractivity contribution in [1.82, 2.24) is 4.98 Å². The molecule has 0 aliphatic carbocycles. The summed E-state index contributed by atoms with van der Waals surface area (Å²) >= 11 is 0. The highest BCUT2D eigenvalue weighted by Gasteiger charge is 2.19. The van der Waals surface area contributed by atoms with Crippen LogP contribution in [0.4, 0.5) is 0 Å². The lowest BCUT2D eigenvalue weighted by molar-refractivity contribution is 0.486. The van der Waals surface area contributed by atoms with E-state index in [1.807, 2.05) is 0 Å². The molecule has 0 bridgehead atoms. The smallest absolute Gasteiger partial charge is 0.339 e. The second kappa shape index (κ2) is 5.38. The summed E-state index contributed by atoms with van der Waals surface area (Å²) in [6, 6.07) is 11.4. The third-order valence-corrected chi connectivity index (χ3v) is 4.78. The normalized spacial score (nSPS) is 12.5. The maximum Gasteiger partial charge on any atom is 0.339 e. The summed E-state index contributed by atoms with van der Waals surface area (Å²) in [6.45, 7) is 6.21. The Morgan fingerprint density at radius 3 is 2.39 bits per heavy atom. The Labute approximate surface area is 135 Å². The van der Waals surface area contributed by atoms with Crippen LogP contribution in [-0.4, -0.2) is 13.4 Å². The predicted octanol–water partition coefficient (Wildman–Crippen LogP) is 3.89. The standard InChI is InChI=1S/C17H17NO4S/c1-17(2,3)12-4-7-14(8-5-12)23(19,20)22-13-6-9-16-15(10-13)18-11-21-16/h4-11H,1-3H3. The molecule has 23 heavy (non-hydrogen) atoms. The second-order valence-corrected chi connectivity index (χ2v) is 7.84. The van der Waals surface area contributed by atoms with E-state index in [0.717, 1.165) is 5.56 Å². The van der Waals surface area contributed by atoms with Crippen molar-refractivity contribution >= 4 is 21.2 Å². The SMILES string of the molecule is CC(C)(C)c1ccc(S(=O)(=O)Oc2ccc3ocnc3c2)cc1. The average Bonchev–Trinajstić information content (AvgIpc) is 2.93. The lowest BCUT2D eigenvalue weighted by Gasteiger charge is -2.19. The van der Waals surface area contributed by atoms with E-state index in [1.165, 1.54) is 18.5 Å². The van der Waals surface area contributed by atoms with Crippen molar-refractivity contribution in [3.05, 3.63) is 54.4 Å². The third kappa shape index (κ3) is 3.22. The number of rotatable bonds is 3. The molecule has 1 aromatic heterocycles. The minimum atomic E-state index is -3.89. The molecule has 0 unspecified atom stereocenters. The summed E-state index contributed by atoms with van der Waals surface area (Å²) < 4.78 is 35.0. The van der Waals surface area contributed by atoms with Crippen LogP contribution in [0, 0.1) is 0 Å². The number of nitrogens with zero attached hydrogens (tertiary/aromatic N) is 1. The van der Waals surface area contributed by atoms with Crippen LogP contribution in [0.2, 0.25) is 0 Å². The van der Waals surface area contributed by atoms with Gasteiger partial charge in [0.25, 0.3) is 0 Å². The van der Waals surface area contributed by atoms with Crippen molar-refractivity contribution in [2.45, 2.75) is 31.1 Å². The summed E-state index contributed by atoms with van der Waals surface area (Å²) in [6.07, 6.45) is 1.30. The highest BCUT2D eigenvalue weighted by molar-refractivity contribution is 7.87. The van der Waals surface area contributed by atoms with Gasteiger partial charge in [-0.15, -0.1) is 0 Å². The van der Waals surface area contributed by atoms with Gasteiger partial charge >= 0.3 is 10.1 Å². The number of benzene rings is 2. The number of oxazole rings is 1. The molecule has 0 spiro atoms. The molecule has 0 amide bonds. The van der Waals surface area contributed by atoms with Crippen LogP contribution in [0.25, 0.3) is 11.1 Å². The molecule has 5 nitrogen and oxygen atoms in total. The van der Waals surface area contributed by atoms with Crippen LogP contribution >= 0.6 is 0 Å². The number of hydrogen-bond donors (Lipinski definition) is 0. The van der Waals surface area contributed by atoms with Crippen molar-refractivity contribution in [2.75, 3.05) is 0 Å². The van der Waals surface area contributed by atoms with Gasteiger partial charge in [-0.2, -0.15) is 8.42 Å². The summed E-state index contributed by atoms with van der Waals surface area (Å²) in [4.78, 5) is 4.10. The highest BCUT2D eigenvalue weighted by atomic mass is 32.2. The van der Waals surface area contributed by atoms with E-state index in [-0.39, 0.29) is 16.1 Å². The molecule has 0 atom stereocenters. The van der Waals surface area contributed by atoms with Gasteiger partial charge in [-0.3, -0.25) is 0 Å². The molecule has 1 heterocycles. The summed E-state index contributed by atoms with van der Waals surface area (Å²) in [5, 5.41) is 0. The molecule has 3 aromatic rings. The van der Waals surface area contributed by atoms with Crippen LogP contribution in [0.1, 0.15) is 26.3 Å². The molecular weight excluding hydrogens is 314 g/mol. The van der Waals surface area contributed by atoms with Crippen molar-refractivity contribution in [2.24, 2.45) is 0 Å². The van der Waals surface area contributed by atoms with Gasteiger partial charge in [0.2, 0.25) is 0 Å². The Kier molecular flexibility index (Phi) is 3.64. The molecule has 6 heteroatoms. The van der Waals surface area contributed by atoms with E-state index >= 15 is 0 Å². The quantitative estimate of drug-likeness (QED) is 0.681. The van der Waals surface area contributed by atoms with Gasteiger partial charge in [0.05, 0.1) is 0 Å². The van der Waals surface area contributed by atoms with Crippen molar-refractivity contribution in [3.63, 3.8) is 0 Å². The molecule has 120 valence electrons. The molecule has 0 radical (unpaired) electrons. The zero-order chi connectivity index (χ0) is 16.7. The maximum atomic E-state index is 12.4. The molecule has 3 rings (SSSR count). The van der Waals surface area contributed by atoms with Gasteiger partial charge < -0.3 is 8.60 Å². The first-order valence-electron chi connectivity index (χ1n) is 7.14. The number of aromatic nitrogens is 1. The first kappa shape index (κ1) is 15.6. The lowest BCUT2D eigenvalue weighted by Crippen LogP contribution is -2.13. The molecule has 0 saturated heterocycles. The van der Waals surface area contributed by atoms with Crippen LogP contribution in [-0.2, 0) is 15.5 Å². The van der Waals surface area contributed by atoms with E-state index in [0.29, 0.717) is 11.1 Å². The van der Waals surface area contributed by atoms with E-state index < -0.39 is 10.1 Å². The van der Waals surface area contributed by atoms with Gasteiger partial charge in [0, 0.05) is 6.07 Å². The first-order chi connectivity index (χ1) is 10.8. The van der Waals surface area contributed by atoms with Crippen molar-refractivity contribution < 1.29 is 17.0 Å². The third-order valence-electron chi connectivity index (χ3n) is 3.52. The van der Waals surface area contributed by atoms with Crippen LogP contribution < -0.4 is 4.18 Å². The largest absolute Gasteiger partial charge is 0.443 e. The maximum absolute atomic E-state index is 12.4. The zero-order valence-electron chi connectivity index (χ0n) is 13.1. The summed E-state index contributed by atoms with van der Waals surface area (Å²) in [5.41, 5.74) is 2.13. The first-order valence-corrected chi connectivity index (χ1v) is 8.55. The van der Waals surface area contributed by atoms with E-state index in [1.54, 1.807) is 30.3 Å². The Morgan fingerprint density at radius 2 is 1.74 bits per heavy atom. The monoisotopic (exact) mass is 331 g/mol. The Morgan fingerprint density at radius 1 is 1.04 bits per heavy atom. The fraction of sp³-hybridized carbons (Fsp3) is 0.235. The topological polar surface area (TPSA) is 69.4 Å². The minimum absolute atomic E-state index is 0.0405. The van der Waals surface area contributed by atoms with Gasteiger partial charge in [-0.05, 0) is 35.2 Å². The summed E-state index contributed by atoms with van der Waals surface area (Å²) in [7, 11) is -3.89. The molecule has 0 N–H and O–H groups in total. The Balaban J connectivity index is 1.88. The van der Waals surface area contributed by atoms with Crippen LogP contribution in [0.5, 0.6) is 5.75 Å². The Bertz CT molecular complexity index is 935. The second-order valence-electron chi connectivity index (χ2n) is 6.29. The molecule has 0 aliphatic heterocycles. The van der Waals surface area contributed by atoms with Gasteiger partial charge in [-0.1, -0.05) is 32.9 Å². The van der Waals surface area contributed by atoms with Gasteiger partial charge in [0.1, 0.15) is 16.2 Å². The van der Waals surface area contributed by atoms with Crippen molar-refractivity contribution in [1.29, 1.82) is 0 Å². The number of fused-ring (bicyclic) bond motifs is 1. The predicted molar refractivity (Wildman–Crippen MR) is 87.0 cm³/mol. The molecular formula is C17H17NO4S. The molecule has 0 saturated carbocycles. The van der Waals surface area contributed by atoms with Crippen molar-refractivity contribution in [3.8, 4) is 5.75 Å². The van der Waals surface area contributed by atoms with Gasteiger partial charge in [0.15, 0.2) is 12.0 Å². The van der Waals surface area contributed by atoms with Gasteiger partial charge in [-0.25, -0.2) is 4.98 Å². The summed E-state index contributed by atoms with van der Waals surface area (Å²) in [5.74, 6) is 0.200. The number of hydrogen-bond acceptors (Lipinski definition) is 5. The fourth-order valence-electron chi connectivity index (χ4n) is 2.19. The van der Waals surface area contributed by atoms with E-state index in [9.17, 15) is 8.42 Å².